The standard InChI is InChI=1S/C12H22N4O/c1-3-16(4-2)12(17)14-7-5-6-9-15-10-8-13-11-15/h8,10-11H,3-7,9H2,1-2H3,(H,14,17). The number of aromatic nitrogens is 2. The van der Waals surface area contributed by atoms with E-state index in [0.717, 1.165) is 39.0 Å². The van der Waals surface area contributed by atoms with Crippen molar-refractivity contribution in [2.75, 3.05) is 19.6 Å². The average Bonchev–Trinajstić information content (AvgIpc) is 2.83. The number of urea groups is 1. The Bertz CT molecular complexity index is 306. The lowest BCUT2D eigenvalue weighted by molar-refractivity contribution is 0.203. The van der Waals surface area contributed by atoms with Gasteiger partial charge in [0.25, 0.3) is 0 Å². The number of carbonyl (C=O) groups excluding carboxylic acids is 1. The molecule has 0 aliphatic rings. The predicted molar refractivity (Wildman–Crippen MR) is 67.8 cm³/mol. The number of nitrogens with zero attached hydrogens (tertiary/aromatic N) is 3. The lowest BCUT2D eigenvalue weighted by atomic mass is 10.3. The van der Waals surface area contributed by atoms with Crippen LogP contribution in [-0.2, 0) is 6.54 Å². The molecular weight excluding hydrogens is 216 g/mol. The summed E-state index contributed by atoms with van der Waals surface area (Å²) in [5.41, 5.74) is 0. The molecular formula is C12H22N4O. The molecule has 0 aliphatic heterocycles. The van der Waals surface area contributed by atoms with Crippen LogP contribution in [0.1, 0.15) is 26.7 Å². The second-order valence-electron chi connectivity index (χ2n) is 3.91. The van der Waals surface area contributed by atoms with Gasteiger partial charge in [0.05, 0.1) is 6.33 Å². The predicted octanol–water partition coefficient (Wildman–Crippen LogP) is 1.71. The van der Waals surface area contributed by atoms with Crippen LogP contribution in [0.4, 0.5) is 4.79 Å². The Morgan fingerprint density at radius 1 is 1.35 bits per heavy atom. The van der Waals surface area contributed by atoms with E-state index in [4.69, 9.17) is 0 Å². The van der Waals surface area contributed by atoms with Gasteiger partial charge in [-0.2, -0.15) is 0 Å². The molecule has 0 fully saturated rings. The van der Waals surface area contributed by atoms with Gasteiger partial charge < -0.3 is 14.8 Å². The van der Waals surface area contributed by atoms with Crippen LogP contribution in [0.5, 0.6) is 0 Å². The lowest BCUT2D eigenvalue weighted by Crippen LogP contribution is -2.40. The molecule has 0 aromatic carbocycles. The molecule has 0 bridgehead atoms. The van der Waals surface area contributed by atoms with E-state index in [1.54, 1.807) is 11.1 Å². The van der Waals surface area contributed by atoms with Crippen LogP contribution in [0.3, 0.4) is 0 Å². The molecule has 0 radical (unpaired) electrons. The number of carbonyl (C=O) groups is 1. The summed E-state index contributed by atoms with van der Waals surface area (Å²) in [6, 6.07) is 0.0395. The van der Waals surface area contributed by atoms with Crippen LogP contribution in [0.2, 0.25) is 0 Å². The summed E-state index contributed by atoms with van der Waals surface area (Å²) in [5, 5.41) is 2.93. The molecule has 0 spiro atoms. The van der Waals surface area contributed by atoms with Crippen molar-refractivity contribution in [3.05, 3.63) is 18.7 Å². The molecule has 1 heterocycles. The number of amides is 2. The highest BCUT2D eigenvalue weighted by Gasteiger charge is 2.06. The molecule has 0 saturated heterocycles. The first-order chi connectivity index (χ1) is 8.27. The van der Waals surface area contributed by atoms with Gasteiger partial charge in [0.1, 0.15) is 0 Å². The van der Waals surface area contributed by atoms with Gasteiger partial charge in [-0.25, -0.2) is 9.78 Å². The smallest absolute Gasteiger partial charge is 0.317 e. The van der Waals surface area contributed by atoms with Crippen LogP contribution >= 0.6 is 0 Å². The van der Waals surface area contributed by atoms with Gasteiger partial charge in [0, 0.05) is 38.6 Å². The van der Waals surface area contributed by atoms with E-state index in [1.807, 2.05) is 30.9 Å². The molecule has 1 aromatic heterocycles. The fourth-order valence-electron chi connectivity index (χ4n) is 1.66. The minimum atomic E-state index is 0.0395. The Balaban J connectivity index is 2.05. The maximum Gasteiger partial charge on any atom is 0.317 e. The van der Waals surface area contributed by atoms with Crippen molar-refractivity contribution in [1.29, 1.82) is 0 Å². The molecule has 17 heavy (non-hydrogen) atoms. The Hall–Kier alpha value is -1.52. The molecule has 0 unspecified atom stereocenters. The number of hydrogen-bond donors (Lipinski definition) is 1. The van der Waals surface area contributed by atoms with Gasteiger partial charge in [-0.15, -0.1) is 0 Å². The molecule has 1 aromatic rings. The fourth-order valence-corrected chi connectivity index (χ4v) is 1.66. The zero-order valence-electron chi connectivity index (χ0n) is 10.7. The highest BCUT2D eigenvalue weighted by molar-refractivity contribution is 5.73. The third kappa shape index (κ3) is 4.89. The maximum absolute atomic E-state index is 11.6. The molecule has 5 nitrogen and oxygen atoms in total. The lowest BCUT2D eigenvalue weighted by Gasteiger charge is -2.19. The Labute approximate surface area is 103 Å². The van der Waals surface area contributed by atoms with Crippen LogP contribution < -0.4 is 5.32 Å². The zero-order chi connectivity index (χ0) is 12.5. The van der Waals surface area contributed by atoms with Gasteiger partial charge in [-0.05, 0) is 26.7 Å². The van der Waals surface area contributed by atoms with E-state index >= 15 is 0 Å². The van der Waals surface area contributed by atoms with Gasteiger partial charge in [0.15, 0.2) is 0 Å². The van der Waals surface area contributed by atoms with Crippen molar-refractivity contribution in [3.8, 4) is 0 Å². The minimum absolute atomic E-state index is 0.0395. The Morgan fingerprint density at radius 2 is 2.12 bits per heavy atom. The molecule has 0 aliphatic carbocycles. The normalized spacial score (nSPS) is 10.2. The van der Waals surface area contributed by atoms with Gasteiger partial charge in [0.2, 0.25) is 0 Å². The summed E-state index contributed by atoms with van der Waals surface area (Å²) < 4.78 is 2.05. The van der Waals surface area contributed by atoms with Crippen LogP contribution in [0, 0.1) is 0 Å². The van der Waals surface area contributed by atoms with Gasteiger partial charge in [-0.1, -0.05) is 0 Å². The van der Waals surface area contributed by atoms with Crippen molar-refractivity contribution >= 4 is 6.03 Å². The average molecular weight is 238 g/mol. The van der Waals surface area contributed by atoms with E-state index in [9.17, 15) is 4.79 Å². The largest absolute Gasteiger partial charge is 0.338 e. The number of rotatable bonds is 7. The summed E-state index contributed by atoms with van der Waals surface area (Å²) in [7, 11) is 0. The zero-order valence-corrected chi connectivity index (χ0v) is 10.7. The molecule has 0 saturated carbocycles. The van der Waals surface area contributed by atoms with E-state index in [0.29, 0.717) is 0 Å². The van der Waals surface area contributed by atoms with E-state index in [2.05, 4.69) is 10.3 Å². The quantitative estimate of drug-likeness (QED) is 0.735. The van der Waals surface area contributed by atoms with E-state index in [1.165, 1.54) is 0 Å². The molecule has 1 rings (SSSR count). The SMILES string of the molecule is CCN(CC)C(=O)NCCCCn1ccnc1. The Kier molecular flexibility index (Phi) is 6.14. The topological polar surface area (TPSA) is 50.2 Å². The third-order valence-electron chi connectivity index (χ3n) is 2.73. The fraction of sp³-hybridized carbons (Fsp3) is 0.667. The van der Waals surface area contributed by atoms with Crippen LogP contribution in [-0.4, -0.2) is 40.1 Å². The van der Waals surface area contributed by atoms with Crippen LogP contribution in [0.15, 0.2) is 18.7 Å². The molecule has 1 N–H and O–H groups in total. The first kappa shape index (κ1) is 13.5. The number of unbranched alkanes of at least 4 members (excludes halogenated alkanes) is 1. The summed E-state index contributed by atoms with van der Waals surface area (Å²) in [6.45, 7) is 7.20. The van der Waals surface area contributed by atoms with Crippen molar-refractivity contribution in [3.63, 3.8) is 0 Å². The second kappa shape index (κ2) is 7.70. The molecule has 0 atom stereocenters. The van der Waals surface area contributed by atoms with Crippen molar-refractivity contribution < 1.29 is 4.79 Å². The van der Waals surface area contributed by atoms with E-state index in [-0.39, 0.29) is 6.03 Å². The number of nitrogens with one attached hydrogen (secondary N) is 1. The van der Waals surface area contributed by atoms with Crippen molar-refractivity contribution in [1.82, 2.24) is 19.8 Å². The summed E-state index contributed by atoms with van der Waals surface area (Å²) >= 11 is 0. The summed E-state index contributed by atoms with van der Waals surface area (Å²) in [4.78, 5) is 17.4. The van der Waals surface area contributed by atoms with Crippen LogP contribution in [0.25, 0.3) is 0 Å². The van der Waals surface area contributed by atoms with Gasteiger partial charge >= 0.3 is 6.03 Å². The number of aryl methyl sites for hydroxylation is 1. The minimum Gasteiger partial charge on any atom is -0.338 e. The second-order valence-corrected chi connectivity index (χ2v) is 3.91. The summed E-state index contributed by atoms with van der Waals surface area (Å²) in [6.07, 6.45) is 7.59. The van der Waals surface area contributed by atoms with Gasteiger partial charge in [-0.3, -0.25) is 0 Å². The van der Waals surface area contributed by atoms with Crippen molar-refractivity contribution in [2.45, 2.75) is 33.2 Å². The number of hydrogen-bond acceptors (Lipinski definition) is 2. The van der Waals surface area contributed by atoms with E-state index < -0.39 is 0 Å². The highest BCUT2D eigenvalue weighted by atomic mass is 16.2. The molecule has 96 valence electrons. The molecule has 2 amide bonds. The highest BCUT2D eigenvalue weighted by Crippen LogP contribution is 1.95. The Morgan fingerprint density at radius 3 is 2.71 bits per heavy atom. The van der Waals surface area contributed by atoms with Crippen molar-refractivity contribution in [2.24, 2.45) is 0 Å². The first-order valence-corrected chi connectivity index (χ1v) is 6.26. The third-order valence-corrected chi connectivity index (χ3v) is 2.73. The molecule has 5 heteroatoms. The first-order valence-electron chi connectivity index (χ1n) is 6.26. The number of imidazole rings is 1. The maximum atomic E-state index is 11.6. The monoisotopic (exact) mass is 238 g/mol. The summed E-state index contributed by atoms with van der Waals surface area (Å²) in [5.74, 6) is 0.